The van der Waals surface area contributed by atoms with Crippen molar-refractivity contribution in [3.05, 3.63) is 77.2 Å². The highest BCUT2D eigenvalue weighted by Crippen LogP contribution is 2.25. The van der Waals surface area contributed by atoms with Crippen LogP contribution in [0.2, 0.25) is 0 Å². The molecule has 1 amide bonds. The Kier molecular flexibility index (Phi) is 4.30. The van der Waals surface area contributed by atoms with Gasteiger partial charge in [-0.3, -0.25) is 9.78 Å². The predicted molar refractivity (Wildman–Crippen MR) is 93.4 cm³/mol. The summed E-state index contributed by atoms with van der Waals surface area (Å²) in [4.78, 5) is 19.0. The van der Waals surface area contributed by atoms with Crippen LogP contribution in [0.15, 0.2) is 54.6 Å². The third-order valence-corrected chi connectivity index (χ3v) is 4.31. The van der Waals surface area contributed by atoms with E-state index >= 15 is 0 Å². The van der Waals surface area contributed by atoms with E-state index in [1.165, 1.54) is 12.1 Å². The van der Waals surface area contributed by atoms with E-state index in [0.717, 1.165) is 5.56 Å². The zero-order valence-electron chi connectivity index (χ0n) is 14.0. The summed E-state index contributed by atoms with van der Waals surface area (Å²) >= 11 is 0. The predicted octanol–water partition coefficient (Wildman–Crippen LogP) is 4.52. The van der Waals surface area contributed by atoms with Gasteiger partial charge in [0.2, 0.25) is 0 Å². The first kappa shape index (κ1) is 16.1. The van der Waals surface area contributed by atoms with Crippen molar-refractivity contribution >= 4 is 16.8 Å². The number of carbonyl (C=O) groups excluding carboxylic acids is 1. The Morgan fingerprint density at radius 1 is 1.12 bits per heavy atom. The summed E-state index contributed by atoms with van der Waals surface area (Å²) in [6, 6.07) is 15.9. The summed E-state index contributed by atoms with van der Waals surface area (Å²) in [6.45, 7) is 3.80. The van der Waals surface area contributed by atoms with Crippen molar-refractivity contribution in [2.75, 3.05) is 7.05 Å². The standard InChI is InChI=1S/C20H19FN2O/c1-13-11-18(17-10-9-16(21)12-19(17)22-13)20(24)23(3)14(2)15-7-5-4-6-8-15/h4-12,14H,1-3H3. The lowest BCUT2D eigenvalue weighted by atomic mass is 10.0. The molecule has 0 saturated heterocycles. The van der Waals surface area contributed by atoms with Crippen LogP contribution >= 0.6 is 0 Å². The van der Waals surface area contributed by atoms with Gasteiger partial charge in [0.1, 0.15) is 5.82 Å². The van der Waals surface area contributed by atoms with E-state index in [2.05, 4.69) is 4.98 Å². The minimum Gasteiger partial charge on any atom is -0.335 e. The number of pyridine rings is 1. The second kappa shape index (κ2) is 6.40. The molecule has 3 nitrogen and oxygen atoms in total. The van der Waals surface area contributed by atoms with Crippen molar-refractivity contribution < 1.29 is 9.18 Å². The molecule has 0 bridgehead atoms. The van der Waals surface area contributed by atoms with Gasteiger partial charge in [0.05, 0.1) is 17.1 Å². The summed E-state index contributed by atoms with van der Waals surface area (Å²) in [5.41, 5.74) is 2.80. The molecule has 0 aliphatic heterocycles. The van der Waals surface area contributed by atoms with Crippen LogP contribution in [0.25, 0.3) is 10.9 Å². The van der Waals surface area contributed by atoms with Gasteiger partial charge < -0.3 is 4.90 Å². The third-order valence-electron chi connectivity index (χ3n) is 4.31. The fourth-order valence-electron chi connectivity index (χ4n) is 2.83. The third kappa shape index (κ3) is 3.00. The van der Waals surface area contributed by atoms with E-state index in [-0.39, 0.29) is 17.8 Å². The van der Waals surface area contributed by atoms with Gasteiger partial charge in [0.25, 0.3) is 5.91 Å². The Bertz CT molecular complexity index is 888. The number of aryl methyl sites for hydroxylation is 1. The molecule has 1 unspecified atom stereocenters. The molecule has 2 aromatic carbocycles. The number of halogens is 1. The molecule has 0 fully saturated rings. The largest absolute Gasteiger partial charge is 0.335 e. The fourth-order valence-corrected chi connectivity index (χ4v) is 2.83. The van der Waals surface area contributed by atoms with Crippen molar-refractivity contribution in [2.45, 2.75) is 19.9 Å². The van der Waals surface area contributed by atoms with Crippen LogP contribution in [0, 0.1) is 12.7 Å². The van der Waals surface area contributed by atoms with Crippen molar-refractivity contribution in [3.8, 4) is 0 Å². The van der Waals surface area contributed by atoms with E-state index in [9.17, 15) is 9.18 Å². The molecule has 4 heteroatoms. The molecule has 24 heavy (non-hydrogen) atoms. The molecule has 1 heterocycles. The first-order valence-electron chi connectivity index (χ1n) is 7.86. The number of nitrogens with zero attached hydrogens (tertiary/aromatic N) is 2. The van der Waals surface area contributed by atoms with Crippen molar-refractivity contribution in [2.24, 2.45) is 0 Å². The van der Waals surface area contributed by atoms with Gasteiger partial charge in [-0.05, 0) is 37.6 Å². The maximum Gasteiger partial charge on any atom is 0.254 e. The highest BCUT2D eigenvalue weighted by Gasteiger charge is 2.21. The van der Waals surface area contributed by atoms with Gasteiger partial charge in [-0.2, -0.15) is 0 Å². The first-order chi connectivity index (χ1) is 11.5. The second-order valence-electron chi connectivity index (χ2n) is 5.98. The summed E-state index contributed by atoms with van der Waals surface area (Å²) in [6.07, 6.45) is 0. The summed E-state index contributed by atoms with van der Waals surface area (Å²) in [5, 5.41) is 0.666. The maximum absolute atomic E-state index is 13.5. The first-order valence-corrected chi connectivity index (χ1v) is 7.86. The smallest absolute Gasteiger partial charge is 0.254 e. The molecule has 0 saturated carbocycles. The molecule has 0 radical (unpaired) electrons. The summed E-state index contributed by atoms with van der Waals surface area (Å²) in [7, 11) is 1.78. The molecule has 0 aliphatic carbocycles. The van der Waals surface area contributed by atoms with Gasteiger partial charge in [-0.25, -0.2) is 4.39 Å². The molecule has 1 atom stereocenters. The van der Waals surface area contributed by atoms with Gasteiger partial charge in [-0.15, -0.1) is 0 Å². The minimum absolute atomic E-state index is 0.0670. The number of hydrogen-bond donors (Lipinski definition) is 0. The molecule has 0 aliphatic rings. The summed E-state index contributed by atoms with van der Waals surface area (Å²) in [5.74, 6) is -0.460. The van der Waals surface area contributed by atoms with Crippen molar-refractivity contribution in [3.63, 3.8) is 0 Å². The number of aromatic nitrogens is 1. The molecule has 122 valence electrons. The fraction of sp³-hybridized carbons (Fsp3) is 0.200. The number of carbonyl (C=O) groups is 1. The van der Waals surface area contributed by atoms with Gasteiger partial charge in [0.15, 0.2) is 0 Å². The van der Waals surface area contributed by atoms with Crippen LogP contribution in [0.4, 0.5) is 4.39 Å². The van der Waals surface area contributed by atoms with Crippen molar-refractivity contribution in [1.82, 2.24) is 9.88 Å². The van der Waals surface area contributed by atoms with Crippen molar-refractivity contribution in [1.29, 1.82) is 0 Å². The monoisotopic (exact) mass is 322 g/mol. The van der Waals surface area contributed by atoms with Gasteiger partial charge in [0, 0.05) is 24.2 Å². The molecular formula is C20H19FN2O. The highest BCUT2D eigenvalue weighted by atomic mass is 19.1. The lowest BCUT2D eigenvalue weighted by molar-refractivity contribution is 0.0744. The SMILES string of the molecule is Cc1cc(C(=O)N(C)C(C)c2ccccc2)c2ccc(F)cc2n1. The Labute approximate surface area is 140 Å². The Morgan fingerprint density at radius 2 is 1.83 bits per heavy atom. The van der Waals surface area contributed by atoms with E-state index in [1.807, 2.05) is 44.2 Å². The summed E-state index contributed by atoms with van der Waals surface area (Å²) < 4.78 is 13.5. The molecule has 0 spiro atoms. The highest BCUT2D eigenvalue weighted by molar-refractivity contribution is 6.06. The van der Waals surface area contributed by atoms with Gasteiger partial charge >= 0.3 is 0 Å². The minimum atomic E-state index is -0.356. The van der Waals surface area contributed by atoms with Crippen LogP contribution < -0.4 is 0 Å². The van der Waals surface area contributed by atoms with Crippen LogP contribution in [-0.2, 0) is 0 Å². The number of benzene rings is 2. The number of amides is 1. The Hall–Kier alpha value is -2.75. The average Bonchev–Trinajstić information content (AvgIpc) is 2.59. The molecule has 3 aromatic rings. The second-order valence-corrected chi connectivity index (χ2v) is 5.98. The Morgan fingerprint density at radius 3 is 2.54 bits per heavy atom. The average molecular weight is 322 g/mol. The van der Waals surface area contributed by atoms with Gasteiger partial charge in [-0.1, -0.05) is 30.3 Å². The van der Waals surface area contributed by atoms with E-state index in [4.69, 9.17) is 0 Å². The van der Waals surface area contributed by atoms with E-state index in [1.54, 1.807) is 24.1 Å². The molecule has 3 rings (SSSR count). The quantitative estimate of drug-likeness (QED) is 0.710. The lowest BCUT2D eigenvalue weighted by Crippen LogP contribution is -2.30. The van der Waals surface area contributed by atoms with Crippen LogP contribution in [0.5, 0.6) is 0 Å². The zero-order valence-corrected chi connectivity index (χ0v) is 14.0. The molecule has 0 N–H and O–H groups in total. The van der Waals surface area contributed by atoms with Crippen LogP contribution in [-0.4, -0.2) is 22.8 Å². The number of rotatable bonds is 3. The number of hydrogen-bond acceptors (Lipinski definition) is 2. The van der Waals surface area contributed by atoms with E-state index in [0.29, 0.717) is 22.2 Å². The van der Waals surface area contributed by atoms with Crippen LogP contribution in [0.1, 0.15) is 34.6 Å². The molecular weight excluding hydrogens is 303 g/mol. The molecule has 1 aromatic heterocycles. The van der Waals surface area contributed by atoms with E-state index < -0.39 is 0 Å². The topological polar surface area (TPSA) is 33.2 Å². The lowest BCUT2D eigenvalue weighted by Gasteiger charge is -2.26. The number of fused-ring (bicyclic) bond motifs is 1. The Balaban J connectivity index is 2.02. The zero-order chi connectivity index (χ0) is 17.3. The maximum atomic E-state index is 13.5. The normalized spacial score (nSPS) is 12.2. The van der Waals surface area contributed by atoms with Crippen LogP contribution in [0.3, 0.4) is 0 Å².